The van der Waals surface area contributed by atoms with Crippen molar-refractivity contribution in [3.8, 4) is 11.1 Å². The number of nitrogens with one attached hydrogen (secondary N) is 2. The zero-order chi connectivity index (χ0) is 24.1. The molecule has 1 amide bonds. The van der Waals surface area contributed by atoms with Gasteiger partial charge in [0, 0.05) is 42.9 Å². The Bertz CT molecular complexity index is 1170. The van der Waals surface area contributed by atoms with Crippen LogP contribution in [0.25, 0.3) is 22.2 Å². The van der Waals surface area contributed by atoms with Crippen molar-refractivity contribution < 1.29 is 18.7 Å². The molecule has 3 aromatic rings. The van der Waals surface area contributed by atoms with Gasteiger partial charge in [0.15, 0.2) is 5.82 Å². The first-order chi connectivity index (χ1) is 15.6. The van der Waals surface area contributed by atoms with E-state index in [1.54, 1.807) is 44.1 Å². The molecule has 1 aliphatic heterocycles. The van der Waals surface area contributed by atoms with Crippen LogP contribution in [0, 0.1) is 30.4 Å². The van der Waals surface area contributed by atoms with Crippen molar-refractivity contribution in [2.45, 2.75) is 39.3 Å². The Morgan fingerprint density at radius 1 is 1.27 bits per heavy atom. The molecule has 0 radical (unpaired) electrons. The first kappa shape index (κ1) is 23.3. The summed E-state index contributed by atoms with van der Waals surface area (Å²) in [7, 11) is 1.73. The molecular weight excluding hydrogens is 426 g/mol. The number of hydrogen-bond acceptors (Lipinski definition) is 4. The monoisotopic (exact) mass is 456 g/mol. The number of rotatable bonds is 4. The fourth-order valence-corrected chi connectivity index (χ4v) is 5.23. The van der Waals surface area contributed by atoms with E-state index in [9.17, 15) is 14.3 Å². The number of benzene rings is 1. The van der Waals surface area contributed by atoms with Gasteiger partial charge in [0.1, 0.15) is 17.1 Å². The number of pyridine rings is 1. The molecule has 0 aliphatic carbocycles. The van der Waals surface area contributed by atoms with E-state index < -0.39 is 17.2 Å². The van der Waals surface area contributed by atoms with Gasteiger partial charge in [0.2, 0.25) is 5.91 Å². The molecule has 1 saturated heterocycles. The molecule has 0 saturated carbocycles. The SMILES string of the molecule is CN[C@@H](C)C(=O)N1C[C@@H](C)[C@](O)(c2c(C)cc(-c3ccnc4[nH]cc(F)c34)cc2F)[C@@H](C)C1. The molecule has 176 valence electrons. The second-order valence-corrected chi connectivity index (χ2v) is 9.25. The van der Waals surface area contributed by atoms with Crippen LogP contribution in [0.5, 0.6) is 0 Å². The van der Waals surface area contributed by atoms with E-state index in [0.29, 0.717) is 40.8 Å². The number of aromatic nitrogens is 2. The Balaban J connectivity index is 1.74. The summed E-state index contributed by atoms with van der Waals surface area (Å²) in [4.78, 5) is 21.3. The summed E-state index contributed by atoms with van der Waals surface area (Å²) in [6.07, 6.45) is 2.78. The number of likely N-dealkylation sites (tertiary alicyclic amines) is 1. The van der Waals surface area contributed by atoms with Gasteiger partial charge in [-0.05, 0) is 49.7 Å². The summed E-state index contributed by atoms with van der Waals surface area (Å²) in [5.41, 5.74) is 0.802. The second kappa shape index (κ2) is 8.50. The Labute approximate surface area is 192 Å². The summed E-state index contributed by atoms with van der Waals surface area (Å²) in [6, 6.07) is 4.44. The number of hydrogen-bond donors (Lipinski definition) is 3. The predicted octanol–water partition coefficient (Wildman–Crippen LogP) is 3.73. The van der Waals surface area contributed by atoms with E-state index in [1.165, 1.54) is 12.3 Å². The molecular formula is C25H30F2N4O2. The maximum atomic E-state index is 15.7. The third-order valence-corrected chi connectivity index (χ3v) is 7.13. The normalized spacial score (nSPS) is 24.3. The number of nitrogens with zero attached hydrogens (tertiary/aromatic N) is 2. The number of H-pyrrole nitrogens is 1. The van der Waals surface area contributed by atoms with E-state index >= 15 is 4.39 Å². The van der Waals surface area contributed by atoms with Crippen LogP contribution in [-0.2, 0) is 10.4 Å². The van der Waals surface area contributed by atoms with Crippen molar-refractivity contribution in [1.82, 2.24) is 20.2 Å². The summed E-state index contributed by atoms with van der Waals surface area (Å²) >= 11 is 0. The average Bonchev–Trinajstić information content (AvgIpc) is 3.16. The smallest absolute Gasteiger partial charge is 0.239 e. The molecule has 33 heavy (non-hydrogen) atoms. The van der Waals surface area contributed by atoms with E-state index in [1.807, 2.05) is 13.8 Å². The van der Waals surface area contributed by atoms with E-state index in [-0.39, 0.29) is 29.3 Å². The molecule has 1 fully saturated rings. The Morgan fingerprint density at radius 2 is 1.94 bits per heavy atom. The molecule has 0 spiro atoms. The fraction of sp³-hybridized carbons (Fsp3) is 0.440. The Morgan fingerprint density at radius 3 is 2.55 bits per heavy atom. The molecule has 8 heteroatoms. The topological polar surface area (TPSA) is 81.2 Å². The van der Waals surface area contributed by atoms with Gasteiger partial charge >= 0.3 is 0 Å². The zero-order valence-electron chi connectivity index (χ0n) is 19.5. The average molecular weight is 457 g/mol. The van der Waals surface area contributed by atoms with E-state index in [4.69, 9.17) is 0 Å². The van der Waals surface area contributed by atoms with Crippen molar-refractivity contribution in [2.24, 2.45) is 11.8 Å². The Kier molecular flexibility index (Phi) is 6.01. The first-order valence-electron chi connectivity index (χ1n) is 11.2. The first-order valence-corrected chi connectivity index (χ1v) is 11.2. The largest absolute Gasteiger partial charge is 0.384 e. The van der Waals surface area contributed by atoms with Crippen LogP contribution in [0.4, 0.5) is 8.78 Å². The maximum absolute atomic E-state index is 15.7. The molecule has 1 aromatic carbocycles. The molecule has 1 aliphatic rings. The van der Waals surface area contributed by atoms with Gasteiger partial charge in [-0.1, -0.05) is 19.9 Å². The number of amides is 1. The highest BCUT2D eigenvalue weighted by atomic mass is 19.1. The number of carbonyl (C=O) groups is 1. The van der Waals surface area contributed by atoms with Gasteiger partial charge in [-0.3, -0.25) is 4.79 Å². The number of piperidine rings is 1. The van der Waals surface area contributed by atoms with Crippen LogP contribution in [0.2, 0.25) is 0 Å². The van der Waals surface area contributed by atoms with Crippen molar-refractivity contribution in [3.05, 3.63) is 53.4 Å². The van der Waals surface area contributed by atoms with Crippen molar-refractivity contribution in [1.29, 1.82) is 0 Å². The molecule has 3 heterocycles. The number of aryl methyl sites for hydroxylation is 1. The number of aliphatic hydroxyl groups is 1. The zero-order valence-corrected chi connectivity index (χ0v) is 19.5. The van der Waals surface area contributed by atoms with Gasteiger partial charge in [-0.2, -0.15) is 0 Å². The fourth-order valence-electron chi connectivity index (χ4n) is 5.23. The van der Waals surface area contributed by atoms with Gasteiger partial charge in [0.25, 0.3) is 0 Å². The quantitative estimate of drug-likeness (QED) is 0.559. The maximum Gasteiger partial charge on any atom is 0.239 e. The van der Waals surface area contributed by atoms with Crippen LogP contribution in [0.1, 0.15) is 31.9 Å². The number of fused-ring (bicyclic) bond motifs is 1. The van der Waals surface area contributed by atoms with Crippen LogP contribution in [0.15, 0.2) is 30.6 Å². The molecule has 0 bridgehead atoms. The summed E-state index contributed by atoms with van der Waals surface area (Å²) in [6.45, 7) is 7.89. The van der Waals surface area contributed by atoms with Crippen LogP contribution < -0.4 is 5.32 Å². The molecule has 3 N–H and O–H groups in total. The molecule has 0 unspecified atom stereocenters. The minimum atomic E-state index is -1.45. The van der Waals surface area contributed by atoms with Crippen molar-refractivity contribution >= 4 is 16.9 Å². The minimum Gasteiger partial charge on any atom is -0.384 e. The van der Waals surface area contributed by atoms with E-state index in [0.717, 1.165) is 0 Å². The lowest BCUT2D eigenvalue weighted by Gasteiger charge is -2.49. The lowest BCUT2D eigenvalue weighted by Crippen LogP contribution is -2.58. The summed E-state index contributed by atoms with van der Waals surface area (Å²) < 4.78 is 30.0. The number of halogens is 2. The van der Waals surface area contributed by atoms with E-state index in [2.05, 4.69) is 15.3 Å². The number of aromatic amines is 1. The highest BCUT2D eigenvalue weighted by Gasteiger charge is 2.49. The van der Waals surface area contributed by atoms with Gasteiger partial charge in [-0.15, -0.1) is 0 Å². The third-order valence-electron chi connectivity index (χ3n) is 7.13. The van der Waals surface area contributed by atoms with Crippen LogP contribution in [-0.4, -0.2) is 52.1 Å². The standard InChI is InChI=1S/C25H30F2N4O2/c1-13-8-17(18-6-7-29-23-21(18)20(27)10-30-23)9-19(26)22(13)25(33)14(2)11-31(12-15(25)3)24(32)16(4)28-5/h6-10,14-16,28,33H,11-12H2,1-5H3,(H,29,30)/t14-,15+,16-,25-/m0/s1. The van der Waals surface area contributed by atoms with Gasteiger partial charge in [-0.25, -0.2) is 13.8 Å². The highest BCUT2D eigenvalue weighted by molar-refractivity contribution is 5.93. The second-order valence-electron chi connectivity index (χ2n) is 9.25. The van der Waals surface area contributed by atoms with Crippen molar-refractivity contribution in [2.75, 3.05) is 20.1 Å². The molecule has 6 nitrogen and oxygen atoms in total. The number of likely N-dealkylation sites (N-methyl/N-ethyl adjacent to an activating group) is 1. The lowest BCUT2D eigenvalue weighted by atomic mass is 9.69. The lowest BCUT2D eigenvalue weighted by molar-refractivity contribution is -0.150. The number of carbonyl (C=O) groups excluding carboxylic acids is 1. The molecule has 4 rings (SSSR count). The van der Waals surface area contributed by atoms with Crippen molar-refractivity contribution in [3.63, 3.8) is 0 Å². The Hall–Kier alpha value is -2.84. The van der Waals surface area contributed by atoms with Gasteiger partial charge < -0.3 is 20.3 Å². The van der Waals surface area contributed by atoms with Crippen LogP contribution >= 0.6 is 0 Å². The summed E-state index contributed by atoms with van der Waals surface area (Å²) in [5, 5.41) is 15.1. The predicted molar refractivity (Wildman–Crippen MR) is 124 cm³/mol. The molecule has 4 atom stereocenters. The third kappa shape index (κ3) is 3.71. The van der Waals surface area contributed by atoms with Crippen LogP contribution in [0.3, 0.4) is 0 Å². The summed E-state index contributed by atoms with van der Waals surface area (Å²) in [5.74, 6) is -1.81. The minimum absolute atomic E-state index is 0.0407. The highest BCUT2D eigenvalue weighted by Crippen LogP contribution is 2.45. The molecule has 2 aromatic heterocycles. The van der Waals surface area contributed by atoms with Gasteiger partial charge in [0.05, 0.1) is 11.4 Å².